The molecule has 1 aliphatic rings. The van der Waals surface area contributed by atoms with Gasteiger partial charge in [-0.2, -0.15) is 0 Å². The highest BCUT2D eigenvalue weighted by atomic mass is 35.5. The van der Waals surface area contributed by atoms with Crippen molar-refractivity contribution in [3.05, 3.63) is 53.6 Å². The molecule has 0 aliphatic carbocycles. The summed E-state index contributed by atoms with van der Waals surface area (Å²) >= 11 is 6.16. The van der Waals surface area contributed by atoms with Gasteiger partial charge in [-0.05, 0) is 30.3 Å². The molecule has 1 unspecified atom stereocenters. The maximum absolute atomic E-state index is 12.8. The molecule has 108 valence electrons. The molecule has 21 heavy (non-hydrogen) atoms. The van der Waals surface area contributed by atoms with Crippen LogP contribution >= 0.6 is 11.6 Å². The average Bonchev–Trinajstić information content (AvgIpc) is 2.56. The van der Waals surface area contributed by atoms with Gasteiger partial charge in [0.15, 0.2) is 0 Å². The summed E-state index contributed by atoms with van der Waals surface area (Å²) in [6.45, 7) is 2.65. The monoisotopic (exact) mass is 300 g/mol. The minimum Gasteiger partial charge on any atom is -0.372 e. The zero-order valence-electron chi connectivity index (χ0n) is 12.1. The second-order valence-electron chi connectivity index (χ2n) is 5.42. The Bertz CT molecular complexity index is 672. The van der Waals surface area contributed by atoms with E-state index in [1.807, 2.05) is 62.5 Å². The highest BCUT2D eigenvalue weighted by Gasteiger charge is 2.31. The number of rotatable bonds is 1. The number of benzene rings is 2. The van der Waals surface area contributed by atoms with Crippen LogP contribution in [-0.2, 0) is 4.79 Å². The van der Waals surface area contributed by atoms with Crippen LogP contribution in [0, 0.1) is 5.92 Å². The number of hydrogen-bond acceptors (Lipinski definition) is 2. The highest BCUT2D eigenvalue weighted by molar-refractivity contribution is 6.31. The Morgan fingerprint density at radius 3 is 2.52 bits per heavy atom. The summed E-state index contributed by atoms with van der Waals surface area (Å²) in [7, 11) is 2.00. The summed E-state index contributed by atoms with van der Waals surface area (Å²) in [6, 6.07) is 15.4. The Morgan fingerprint density at radius 1 is 1.10 bits per heavy atom. The molecule has 1 amide bonds. The van der Waals surface area contributed by atoms with E-state index in [0.717, 1.165) is 17.1 Å². The maximum Gasteiger partial charge on any atom is 0.236 e. The van der Waals surface area contributed by atoms with Crippen molar-refractivity contribution in [1.82, 2.24) is 0 Å². The fourth-order valence-corrected chi connectivity index (χ4v) is 2.93. The molecule has 1 aliphatic heterocycles. The third-order valence-corrected chi connectivity index (χ3v) is 4.03. The summed E-state index contributed by atoms with van der Waals surface area (Å²) in [4.78, 5) is 16.7. The van der Waals surface area contributed by atoms with Crippen molar-refractivity contribution in [3.63, 3.8) is 0 Å². The van der Waals surface area contributed by atoms with Crippen LogP contribution in [0.4, 0.5) is 17.1 Å². The van der Waals surface area contributed by atoms with Crippen LogP contribution in [0.3, 0.4) is 0 Å². The lowest BCUT2D eigenvalue weighted by Crippen LogP contribution is -2.32. The van der Waals surface area contributed by atoms with Crippen LogP contribution in [0.5, 0.6) is 0 Å². The molecule has 3 rings (SSSR count). The van der Waals surface area contributed by atoms with Crippen LogP contribution in [0.15, 0.2) is 48.5 Å². The first kappa shape index (κ1) is 14.0. The van der Waals surface area contributed by atoms with Gasteiger partial charge in [-0.15, -0.1) is 0 Å². The molecule has 1 heterocycles. The predicted molar refractivity (Wildman–Crippen MR) is 87.5 cm³/mol. The van der Waals surface area contributed by atoms with E-state index in [1.165, 1.54) is 0 Å². The summed E-state index contributed by atoms with van der Waals surface area (Å²) in [6.07, 6.45) is 0. The van der Waals surface area contributed by atoms with E-state index in [2.05, 4.69) is 4.90 Å². The third kappa shape index (κ3) is 2.49. The van der Waals surface area contributed by atoms with Crippen molar-refractivity contribution >= 4 is 34.6 Å². The minimum atomic E-state index is -0.0821. The molecule has 0 aromatic heterocycles. The molecule has 1 atom stereocenters. The first-order chi connectivity index (χ1) is 10.1. The Hall–Kier alpha value is -2.00. The lowest BCUT2D eigenvalue weighted by Gasteiger charge is -2.25. The topological polar surface area (TPSA) is 23.6 Å². The van der Waals surface area contributed by atoms with Crippen LogP contribution in [0.1, 0.15) is 6.92 Å². The Kier molecular flexibility index (Phi) is 3.60. The largest absolute Gasteiger partial charge is 0.372 e. The van der Waals surface area contributed by atoms with Crippen molar-refractivity contribution in [3.8, 4) is 0 Å². The number of halogens is 1. The Labute approximate surface area is 129 Å². The van der Waals surface area contributed by atoms with Crippen LogP contribution < -0.4 is 9.80 Å². The van der Waals surface area contributed by atoms with Crippen molar-refractivity contribution in [2.75, 3.05) is 23.4 Å². The van der Waals surface area contributed by atoms with E-state index >= 15 is 0 Å². The predicted octanol–water partition coefficient (Wildman–Crippen LogP) is 4.09. The van der Waals surface area contributed by atoms with Crippen molar-refractivity contribution in [2.24, 2.45) is 5.92 Å². The molecule has 0 spiro atoms. The van der Waals surface area contributed by atoms with Gasteiger partial charge in [-0.25, -0.2) is 0 Å². The van der Waals surface area contributed by atoms with Crippen molar-refractivity contribution < 1.29 is 4.79 Å². The van der Waals surface area contributed by atoms with Gasteiger partial charge in [-0.3, -0.25) is 9.69 Å². The zero-order chi connectivity index (χ0) is 15.0. The molecule has 0 N–H and O–H groups in total. The molecule has 2 aromatic carbocycles. The Morgan fingerprint density at radius 2 is 1.81 bits per heavy atom. The molecule has 4 heteroatoms. The highest BCUT2D eigenvalue weighted by Crippen LogP contribution is 2.39. The van der Waals surface area contributed by atoms with E-state index in [1.54, 1.807) is 4.90 Å². The van der Waals surface area contributed by atoms with Gasteiger partial charge in [-0.1, -0.05) is 36.7 Å². The number of amides is 1. The van der Waals surface area contributed by atoms with Gasteiger partial charge in [0.2, 0.25) is 5.91 Å². The molecule has 0 radical (unpaired) electrons. The fraction of sp³-hybridized carbons (Fsp3) is 0.235. The van der Waals surface area contributed by atoms with E-state index < -0.39 is 0 Å². The van der Waals surface area contributed by atoms with E-state index in [4.69, 9.17) is 11.6 Å². The number of hydrogen-bond donors (Lipinski definition) is 0. The number of fused-ring (bicyclic) bond motifs is 1. The maximum atomic E-state index is 12.8. The van der Waals surface area contributed by atoms with Gasteiger partial charge in [0, 0.05) is 24.3 Å². The quantitative estimate of drug-likeness (QED) is 0.792. The fourth-order valence-electron chi connectivity index (χ4n) is 2.77. The third-order valence-electron chi connectivity index (χ3n) is 3.79. The molecule has 0 saturated carbocycles. The second-order valence-corrected chi connectivity index (χ2v) is 5.86. The van der Waals surface area contributed by atoms with Crippen LogP contribution in [0.25, 0.3) is 0 Å². The lowest BCUT2D eigenvalue weighted by atomic mass is 10.1. The van der Waals surface area contributed by atoms with Crippen molar-refractivity contribution in [1.29, 1.82) is 0 Å². The standard InChI is InChI=1S/C17H17ClN2O/c1-12-11-19(2)15-9-8-13(18)10-16(15)20(17(12)21)14-6-4-3-5-7-14/h3-10,12H,11H2,1-2H3. The van der Waals surface area contributed by atoms with Gasteiger partial charge < -0.3 is 4.90 Å². The van der Waals surface area contributed by atoms with E-state index in [-0.39, 0.29) is 11.8 Å². The van der Waals surface area contributed by atoms with Gasteiger partial charge in [0.25, 0.3) is 0 Å². The number of carbonyl (C=O) groups excluding carboxylic acids is 1. The smallest absolute Gasteiger partial charge is 0.236 e. The number of anilines is 3. The van der Waals surface area contributed by atoms with Gasteiger partial charge in [0.1, 0.15) is 0 Å². The molecule has 0 fully saturated rings. The summed E-state index contributed by atoms with van der Waals surface area (Å²) in [5.41, 5.74) is 2.72. The Balaban J connectivity index is 2.22. The van der Waals surface area contributed by atoms with Crippen molar-refractivity contribution in [2.45, 2.75) is 6.92 Å². The SMILES string of the molecule is CC1CN(C)c2ccc(Cl)cc2N(c2ccccc2)C1=O. The number of para-hydroxylation sites is 1. The summed E-state index contributed by atoms with van der Waals surface area (Å²) in [5.74, 6) is 0.00967. The zero-order valence-corrected chi connectivity index (χ0v) is 12.8. The minimum absolute atomic E-state index is 0.0821. The van der Waals surface area contributed by atoms with Gasteiger partial charge in [0.05, 0.1) is 17.3 Å². The van der Waals surface area contributed by atoms with E-state index in [0.29, 0.717) is 11.6 Å². The first-order valence-electron chi connectivity index (χ1n) is 6.97. The summed E-state index contributed by atoms with van der Waals surface area (Å²) < 4.78 is 0. The molecular formula is C17H17ClN2O. The van der Waals surface area contributed by atoms with E-state index in [9.17, 15) is 4.79 Å². The van der Waals surface area contributed by atoms with Gasteiger partial charge >= 0.3 is 0 Å². The first-order valence-corrected chi connectivity index (χ1v) is 7.35. The second kappa shape index (κ2) is 5.41. The number of carbonyl (C=O) groups is 1. The lowest BCUT2D eigenvalue weighted by molar-refractivity contribution is -0.120. The summed E-state index contributed by atoms with van der Waals surface area (Å²) in [5, 5.41) is 0.630. The molecule has 2 aromatic rings. The average molecular weight is 301 g/mol. The van der Waals surface area contributed by atoms with Crippen LogP contribution in [0.2, 0.25) is 5.02 Å². The number of nitrogens with zero attached hydrogens (tertiary/aromatic N) is 2. The molecule has 3 nitrogen and oxygen atoms in total. The molecular weight excluding hydrogens is 284 g/mol. The van der Waals surface area contributed by atoms with Crippen LogP contribution in [-0.4, -0.2) is 19.5 Å². The normalized spacial score (nSPS) is 18.4. The molecule has 0 saturated heterocycles. The molecule has 0 bridgehead atoms.